The second-order valence-corrected chi connectivity index (χ2v) is 6.48. The lowest BCUT2D eigenvalue weighted by Gasteiger charge is -2.24. The largest absolute Gasteiger partial charge is 0.466 e. The predicted molar refractivity (Wildman–Crippen MR) is 99.3 cm³/mol. The van der Waals surface area contributed by atoms with E-state index < -0.39 is 5.82 Å². The number of hydrogen-bond acceptors (Lipinski definition) is 4. The topological polar surface area (TPSA) is 69.0 Å². The molecule has 3 aromatic rings. The first-order valence-corrected chi connectivity index (χ1v) is 8.83. The zero-order chi connectivity index (χ0) is 18.8. The molecule has 0 saturated heterocycles. The van der Waals surface area contributed by atoms with E-state index in [1.807, 2.05) is 18.2 Å². The Balaban J connectivity index is 1.71. The predicted octanol–water partition coefficient (Wildman–Crippen LogP) is 3.82. The van der Waals surface area contributed by atoms with E-state index in [9.17, 15) is 9.18 Å². The molecule has 1 aliphatic rings. The van der Waals surface area contributed by atoms with Gasteiger partial charge in [0.05, 0.1) is 18.4 Å². The van der Waals surface area contributed by atoms with Gasteiger partial charge in [-0.1, -0.05) is 24.6 Å². The average molecular weight is 366 g/mol. The van der Waals surface area contributed by atoms with Gasteiger partial charge in [-0.3, -0.25) is 4.79 Å². The van der Waals surface area contributed by atoms with E-state index in [0.717, 1.165) is 19.3 Å². The molecule has 1 amide bonds. The van der Waals surface area contributed by atoms with Gasteiger partial charge >= 0.3 is 6.01 Å². The molecule has 0 spiro atoms. The second kappa shape index (κ2) is 7.19. The van der Waals surface area contributed by atoms with Crippen LogP contribution in [0.1, 0.15) is 19.3 Å². The van der Waals surface area contributed by atoms with Crippen molar-refractivity contribution in [2.75, 3.05) is 12.4 Å². The number of rotatable bonds is 5. The van der Waals surface area contributed by atoms with Gasteiger partial charge in [-0.05, 0) is 43.2 Å². The summed E-state index contributed by atoms with van der Waals surface area (Å²) in [6.45, 7) is 0. The van der Waals surface area contributed by atoms with Crippen molar-refractivity contribution < 1.29 is 13.9 Å². The quantitative estimate of drug-likeness (QED) is 0.745. The lowest BCUT2D eigenvalue weighted by molar-refractivity contribution is -0.122. The number of benzene rings is 2. The van der Waals surface area contributed by atoms with Crippen LogP contribution in [-0.2, 0) is 4.79 Å². The Morgan fingerprint density at radius 3 is 2.74 bits per heavy atom. The van der Waals surface area contributed by atoms with Crippen LogP contribution in [0.5, 0.6) is 6.01 Å². The van der Waals surface area contributed by atoms with Crippen LogP contribution in [0.2, 0.25) is 0 Å². The maximum Gasteiger partial charge on any atom is 0.336 e. The molecule has 1 N–H and O–H groups in total. The number of anilines is 1. The maximum absolute atomic E-state index is 14.3. The molecule has 0 atom stereocenters. The summed E-state index contributed by atoms with van der Waals surface area (Å²) >= 11 is 0. The third kappa shape index (κ3) is 3.40. The standard InChI is InChI=1S/C20H19FN4O2/c1-27-20-23-18(16-10-2-3-11-17(16)21)25(24-20)15-9-5-8-14(12-15)22-19(26)13-6-4-7-13/h2-3,5,8-13H,4,6-7H2,1H3,(H,22,26). The fourth-order valence-electron chi connectivity index (χ4n) is 3.01. The number of carbonyl (C=O) groups excluding carboxylic acids is 1. The Morgan fingerprint density at radius 2 is 2.04 bits per heavy atom. The molecule has 138 valence electrons. The van der Waals surface area contributed by atoms with Crippen molar-refractivity contribution in [2.45, 2.75) is 19.3 Å². The highest BCUT2D eigenvalue weighted by Crippen LogP contribution is 2.29. The average Bonchev–Trinajstić information content (AvgIpc) is 3.05. The molecule has 1 heterocycles. The molecule has 1 saturated carbocycles. The molecule has 0 bridgehead atoms. The third-order valence-corrected chi connectivity index (χ3v) is 4.72. The molecule has 2 aromatic carbocycles. The Bertz CT molecular complexity index is 982. The monoisotopic (exact) mass is 366 g/mol. The third-order valence-electron chi connectivity index (χ3n) is 4.72. The van der Waals surface area contributed by atoms with E-state index in [4.69, 9.17) is 4.74 Å². The highest BCUT2D eigenvalue weighted by atomic mass is 19.1. The van der Waals surface area contributed by atoms with E-state index in [-0.39, 0.29) is 17.8 Å². The zero-order valence-electron chi connectivity index (χ0n) is 14.9. The number of halogens is 1. The van der Waals surface area contributed by atoms with Gasteiger partial charge in [0, 0.05) is 11.6 Å². The van der Waals surface area contributed by atoms with Gasteiger partial charge in [0.15, 0.2) is 5.82 Å². The Kier molecular flexibility index (Phi) is 4.58. The summed E-state index contributed by atoms with van der Waals surface area (Å²) in [5.74, 6) is 0.0497. The highest BCUT2D eigenvalue weighted by Gasteiger charge is 2.25. The van der Waals surface area contributed by atoms with Crippen molar-refractivity contribution in [3.8, 4) is 23.1 Å². The van der Waals surface area contributed by atoms with Crippen LogP contribution in [0.3, 0.4) is 0 Å². The number of methoxy groups -OCH3 is 1. The van der Waals surface area contributed by atoms with Crippen molar-refractivity contribution in [1.29, 1.82) is 0 Å². The van der Waals surface area contributed by atoms with E-state index in [0.29, 0.717) is 22.8 Å². The molecule has 1 aromatic heterocycles. The minimum atomic E-state index is -0.400. The van der Waals surface area contributed by atoms with E-state index in [1.54, 1.807) is 24.3 Å². The van der Waals surface area contributed by atoms with Crippen LogP contribution in [0.15, 0.2) is 48.5 Å². The summed E-state index contributed by atoms with van der Waals surface area (Å²) < 4.78 is 20.9. The second-order valence-electron chi connectivity index (χ2n) is 6.48. The summed E-state index contributed by atoms with van der Waals surface area (Å²) in [7, 11) is 1.46. The number of nitrogens with zero attached hydrogens (tertiary/aromatic N) is 3. The van der Waals surface area contributed by atoms with Gasteiger partial charge in [-0.15, -0.1) is 5.10 Å². The zero-order valence-corrected chi connectivity index (χ0v) is 14.9. The summed E-state index contributed by atoms with van der Waals surface area (Å²) in [5, 5.41) is 7.24. The number of hydrogen-bond donors (Lipinski definition) is 1. The van der Waals surface area contributed by atoms with Crippen molar-refractivity contribution in [3.05, 3.63) is 54.3 Å². The Morgan fingerprint density at radius 1 is 1.22 bits per heavy atom. The van der Waals surface area contributed by atoms with Gasteiger partial charge in [-0.2, -0.15) is 4.98 Å². The van der Waals surface area contributed by atoms with E-state index in [2.05, 4.69) is 15.4 Å². The van der Waals surface area contributed by atoms with Crippen LogP contribution in [0.25, 0.3) is 17.1 Å². The fourth-order valence-corrected chi connectivity index (χ4v) is 3.01. The molecular formula is C20H19FN4O2. The molecular weight excluding hydrogens is 347 g/mol. The van der Waals surface area contributed by atoms with Crippen molar-refractivity contribution in [2.24, 2.45) is 5.92 Å². The van der Waals surface area contributed by atoms with Crippen LogP contribution in [-0.4, -0.2) is 27.8 Å². The van der Waals surface area contributed by atoms with Gasteiger partial charge in [0.25, 0.3) is 0 Å². The molecule has 1 aliphatic carbocycles. The minimum Gasteiger partial charge on any atom is -0.466 e. The van der Waals surface area contributed by atoms with Crippen LogP contribution in [0.4, 0.5) is 10.1 Å². The Labute approximate surface area is 156 Å². The van der Waals surface area contributed by atoms with Crippen LogP contribution < -0.4 is 10.1 Å². The summed E-state index contributed by atoms with van der Waals surface area (Å²) in [6, 6.07) is 13.7. The number of nitrogens with one attached hydrogen (secondary N) is 1. The fraction of sp³-hybridized carbons (Fsp3) is 0.250. The summed E-state index contributed by atoms with van der Waals surface area (Å²) in [5.41, 5.74) is 1.63. The first-order valence-electron chi connectivity index (χ1n) is 8.83. The first-order chi connectivity index (χ1) is 13.2. The molecule has 6 nitrogen and oxygen atoms in total. The molecule has 0 unspecified atom stereocenters. The van der Waals surface area contributed by atoms with Crippen LogP contribution in [0, 0.1) is 11.7 Å². The molecule has 4 rings (SSSR count). The van der Waals surface area contributed by atoms with Crippen molar-refractivity contribution in [3.63, 3.8) is 0 Å². The lowest BCUT2D eigenvalue weighted by Crippen LogP contribution is -2.28. The molecule has 0 aliphatic heterocycles. The summed E-state index contributed by atoms with van der Waals surface area (Å²) in [4.78, 5) is 16.5. The smallest absolute Gasteiger partial charge is 0.336 e. The molecule has 1 fully saturated rings. The van der Waals surface area contributed by atoms with E-state index in [1.165, 1.54) is 17.9 Å². The SMILES string of the molecule is COc1nc(-c2ccccc2F)n(-c2cccc(NC(=O)C3CCC3)c2)n1. The number of aromatic nitrogens is 3. The minimum absolute atomic E-state index is 0.0314. The summed E-state index contributed by atoms with van der Waals surface area (Å²) in [6.07, 6.45) is 2.97. The van der Waals surface area contributed by atoms with Crippen molar-refractivity contribution in [1.82, 2.24) is 14.8 Å². The van der Waals surface area contributed by atoms with E-state index >= 15 is 0 Å². The maximum atomic E-state index is 14.3. The normalized spacial score (nSPS) is 13.9. The Hall–Kier alpha value is -3.22. The highest BCUT2D eigenvalue weighted by molar-refractivity contribution is 5.93. The molecule has 27 heavy (non-hydrogen) atoms. The van der Waals surface area contributed by atoms with Gasteiger partial charge in [0.2, 0.25) is 5.91 Å². The number of carbonyl (C=O) groups is 1. The molecule has 7 heteroatoms. The van der Waals surface area contributed by atoms with Crippen molar-refractivity contribution >= 4 is 11.6 Å². The van der Waals surface area contributed by atoms with Gasteiger partial charge in [0.1, 0.15) is 5.82 Å². The molecule has 0 radical (unpaired) electrons. The number of ether oxygens (including phenoxy) is 1. The first kappa shape index (κ1) is 17.2. The lowest BCUT2D eigenvalue weighted by atomic mass is 9.85. The number of amides is 1. The van der Waals surface area contributed by atoms with Crippen LogP contribution >= 0.6 is 0 Å². The van der Waals surface area contributed by atoms with Gasteiger partial charge in [-0.25, -0.2) is 9.07 Å². The van der Waals surface area contributed by atoms with Gasteiger partial charge < -0.3 is 10.1 Å².